The smallest absolute Gasteiger partial charge is 0.0465 e. The molecular formula is C55H61N. The molecule has 0 heterocycles. The number of benzene rings is 6. The van der Waals surface area contributed by atoms with Gasteiger partial charge in [-0.25, -0.2) is 0 Å². The zero-order valence-electron chi connectivity index (χ0n) is 34.0. The molecule has 1 nitrogen and oxygen atoms in total. The minimum Gasteiger partial charge on any atom is -0.310 e. The molecule has 6 aromatic carbocycles. The van der Waals surface area contributed by atoms with E-state index in [2.05, 4.69) is 164 Å². The van der Waals surface area contributed by atoms with Crippen LogP contribution in [0.25, 0.3) is 33.4 Å². The van der Waals surface area contributed by atoms with E-state index in [-0.39, 0.29) is 5.41 Å². The lowest BCUT2D eigenvalue weighted by Gasteiger charge is -2.33. The largest absolute Gasteiger partial charge is 0.310 e. The van der Waals surface area contributed by atoms with Gasteiger partial charge in [0.15, 0.2) is 0 Å². The zero-order valence-corrected chi connectivity index (χ0v) is 34.0. The number of hydrogen-bond acceptors (Lipinski definition) is 1. The third-order valence-electron chi connectivity index (χ3n) is 13.0. The van der Waals surface area contributed by atoms with Crippen LogP contribution in [0.1, 0.15) is 133 Å². The minimum absolute atomic E-state index is 0.0392. The van der Waals surface area contributed by atoms with Crippen molar-refractivity contribution in [2.24, 2.45) is 0 Å². The van der Waals surface area contributed by atoms with Crippen molar-refractivity contribution >= 4 is 17.1 Å². The number of fused-ring (bicyclic) bond motifs is 3. The van der Waals surface area contributed by atoms with Crippen molar-refractivity contribution in [2.75, 3.05) is 4.90 Å². The molecule has 2 aliphatic carbocycles. The van der Waals surface area contributed by atoms with Crippen molar-refractivity contribution < 1.29 is 0 Å². The Kier molecular flexibility index (Phi) is 12.2. The fourth-order valence-corrected chi connectivity index (χ4v) is 10.2. The van der Waals surface area contributed by atoms with E-state index in [9.17, 15) is 0 Å². The van der Waals surface area contributed by atoms with Gasteiger partial charge < -0.3 is 4.90 Å². The maximum Gasteiger partial charge on any atom is 0.0465 e. The van der Waals surface area contributed by atoms with Crippen LogP contribution in [0.15, 0.2) is 146 Å². The highest BCUT2D eigenvalue weighted by Crippen LogP contribution is 2.55. The summed E-state index contributed by atoms with van der Waals surface area (Å²) in [7, 11) is 0. The topological polar surface area (TPSA) is 3.24 Å². The monoisotopic (exact) mass is 735 g/mol. The average Bonchev–Trinajstić information content (AvgIpc) is 3.51. The van der Waals surface area contributed by atoms with E-state index in [1.54, 1.807) is 0 Å². The standard InChI is InChI=1S/C55H61N/c1-3-39-55(40-4-2)53-24-18-17-23-51(53)52-38-37-50(41-54(52)55)56(48-33-29-46(30-34-48)43-21-15-12-16-22-43)49-35-31-47(32-36-49)45-27-25-44(26-28-45)42-19-13-10-8-6-5-7-9-11-14-20-42/h12,15-18,21-38,41-42H,3-11,13-14,19-20,39-40H2,1-2H3. The molecule has 1 heteroatoms. The molecule has 1 fully saturated rings. The number of hydrogen-bond donors (Lipinski definition) is 0. The Hall–Kier alpha value is -4.88. The van der Waals surface area contributed by atoms with E-state index in [4.69, 9.17) is 0 Å². The van der Waals surface area contributed by atoms with Gasteiger partial charge in [0.25, 0.3) is 0 Å². The fourth-order valence-electron chi connectivity index (χ4n) is 10.2. The third kappa shape index (κ3) is 8.02. The molecule has 2 aliphatic rings. The van der Waals surface area contributed by atoms with E-state index in [0.717, 1.165) is 25.7 Å². The molecule has 0 amide bonds. The number of anilines is 3. The van der Waals surface area contributed by atoms with Crippen LogP contribution in [0.5, 0.6) is 0 Å². The van der Waals surface area contributed by atoms with Gasteiger partial charge in [-0.15, -0.1) is 0 Å². The molecule has 0 bridgehead atoms. The minimum atomic E-state index is 0.0392. The summed E-state index contributed by atoms with van der Waals surface area (Å²) in [6.07, 6.45) is 20.0. The SMILES string of the molecule is CCCC1(CCC)c2ccccc2-c2ccc(N(c3ccc(-c4ccccc4)cc3)c3ccc(-c4ccc(C5CCCCCCCCCCC5)cc4)cc3)cc21. The lowest BCUT2D eigenvalue weighted by Crippen LogP contribution is -2.25. The molecule has 0 N–H and O–H groups in total. The molecular weight excluding hydrogens is 675 g/mol. The van der Waals surface area contributed by atoms with Crippen LogP contribution in [0.2, 0.25) is 0 Å². The summed E-state index contributed by atoms with van der Waals surface area (Å²) in [4.78, 5) is 2.47. The maximum absolute atomic E-state index is 2.53. The molecule has 0 aromatic heterocycles. The Labute approximate surface area is 337 Å². The molecule has 0 atom stereocenters. The van der Waals surface area contributed by atoms with Crippen LogP contribution < -0.4 is 4.90 Å². The van der Waals surface area contributed by atoms with Crippen LogP contribution in [0, 0.1) is 0 Å². The fraction of sp³-hybridized carbons (Fsp3) is 0.345. The molecule has 0 aliphatic heterocycles. The van der Waals surface area contributed by atoms with Gasteiger partial charge in [-0.05, 0) is 118 Å². The Morgan fingerprint density at radius 1 is 0.429 bits per heavy atom. The maximum atomic E-state index is 2.53. The average molecular weight is 736 g/mol. The van der Waals surface area contributed by atoms with Gasteiger partial charge in [0, 0.05) is 22.5 Å². The predicted molar refractivity (Wildman–Crippen MR) is 242 cm³/mol. The summed E-state index contributed by atoms with van der Waals surface area (Å²) in [5.41, 5.74) is 16.0. The summed E-state index contributed by atoms with van der Waals surface area (Å²) < 4.78 is 0. The summed E-state index contributed by atoms with van der Waals surface area (Å²) in [5, 5.41) is 0. The van der Waals surface area contributed by atoms with E-state index >= 15 is 0 Å². The molecule has 56 heavy (non-hydrogen) atoms. The van der Waals surface area contributed by atoms with Gasteiger partial charge in [-0.3, -0.25) is 0 Å². The van der Waals surface area contributed by atoms with Crippen LogP contribution >= 0.6 is 0 Å². The summed E-state index contributed by atoms with van der Waals surface area (Å²) in [6, 6.07) is 55.3. The van der Waals surface area contributed by atoms with E-state index in [1.165, 1.54) is 138 Å². The highest BCUT2D eigenvalue weighted by atomic mass is 15.1. The first-order valence-corrected chi connectivity index (χ1v) is 22.1. The van der Waals surface area contributed by atoms with Crippen molar-refractivity contribution in [3.63, 3.8) is 0 Å². The second-order valence-electron chi connectivity index (χ2n) is 16.7. The first-order chi connectivity index (χ1) is 27.7. The highest BCUT2D eigenvalue weighted by Gasteiger charge is 2.42. The van der Waals surface area contributed by atoms with Gasteiger partial charge in [0.1, 0.15) is 0 Å². The van der Waals surface area contributed by atoms with E-state index < -0.39 is 0 Å². The molecule has 6 aromatic rings. The summed E-state index contributed by atoms with van der Waals surface area (Å²) in [6.45, 7) is 4.69. The molecule has 0 spiro atoms. The molecule has 0 radical (unpaired) electrons. The zero-order chi connectivity index (χ0) is 38.2. The second-order valence-corrected chi connectivity index (χ2v) is 16.7. The van der Waals surface area contributed by atoms with Gasteiger partial charge in [0.05, 0.1) is 0 Å². The van der Waals surface area contributed by atoms with Gasteiger partial charge in [0.2, 0.25) is 0 Å². The summed E-state index contributed by atoms with van der Waals surface area (Å²) in [5.74, 6) is 0.696. The van der Waals surface area contributed by atoms with Crippen molar-refractivity contribution in [2.45, 2.75) is 121 Å². The summed E-state index contributed by atoms with van der Waals surface area (Å²) >= 11 is 0. The Bertz CT molecular complexity index is 2120. The van der Waals surface area contributed by atoms with Crippen LogP contribution in [-0.4, -0.2) is 0 Å². The molecule has 286 valence electrons. The van der Waals surface area contributed by atoms with E-state index in [1.807, 2.05) is 0 Å². The lowest BCUT2D eigenvalue weighted by atomic mass is 9.71. The second kappa shape index (κ2) is 17.9. The Morgan fingerprint density at radius 3 is 1.43 bits per heavy atom. The first-order valence-electron chi connectivity index (χ1n) is 22.1. The van der Waals surface area contributed by atoms with Crippen molar-refractivity contribution in [1.29, 1.82) is 0 Å². The van der Waals surface area contributed by atoms with Crippen molar-refractivity contribution in [1.82, 2.24) is 0 Å². The Morgan fingerprint density at radius 2 is 0.875 bits per heavy atom. The Balaban J connectivity index is 1.13. The highest BCUT2D eigenvalue weighted by molar-refractivity contribution is 5.86. The van der Waals surface area contributed by atoms with E-state index in [0.29, 0.717) is 5.92 Å². The molecule has 0 saturated heterocycles. The number of nitrogens with zero attached hydrogens (tertiary/aromatic N) is 1. The number of rotatable bonds is 10. The predicted octanol–water partition coefficient (Wildman–Crippen LogP) is 16.7. The van der Waals surface area contributed by atoms with Crippen LogP contribution in [-0.2, 0) is 5.41 Å². The normalized spacial score (nSPS) is 16.0. The quantitative estimate of drug-likeness (QED) is 0.135. The first kappa shape index (κ1) is 38.0. The van der Waals surface area contributed by atoms with Crippen LogP contribution in [0.4, 0.5) is 17.1 Å². The molecule has 0 unspecified atom stereocenters. The van der Waals surface area contributed by atoms with Crippen molar-refractivity contribution in [3.8, 4) is 33.4 Å². The van der Waals surface area contributed by atoms with Gasteiger partial charge >= 0.3 is 0 Å². The molecule has 8 rings (SSSR count). The molecule has 1 saturated carbocycles. The van der Waals surface area contributed by atoms with Crippen LogP contribution in [0.3, 0.4) is 0 Å². The van der Waals surface area contributed by atoms with Gasteiger partial charge in [-0.2, -0.15) is 0 Å². The lowest BCUT2D eigenvalue weighted by molar-refractivity contribution is 0.436. The third-order valence-corrected chi connectivity index (χ3v) is 13.0. The van der Waals surface area contributed by atoms with Crippen molar-refractivity contribution in [3.05, 3.63) is 162 Å². The van der Waals surface area contributed by atoms with Gasteiger partial charge in [-0.1, -0.05) is 194 Å².